The van der Waals surface area contributed by atoms with Gasteiger partial charge in [-0.3, -0.25) is 0 Å². The first-order valence-corrected chi connectivity index (χ1v) is 8.59. The summed E-state index contributed by atoms with van der Waals surface area (Å²) < 4.78 is 5.32. The number of ether oxygens (including phenoxy) is 1. The van der Waals surface area contributed by atoms with Crippen molar-refractivity contribution in [2.75, 3.05) is 7.11 Å². The minimum atomic E-state index is 0.492. The molecule has 116 valence electrons. The number of nitrogens with zero attached hydrogens (tertiary/aromatic N) is 1. The highest BCUT2D eigenvalue weighted by molar-refractivity contribution is 7.98. The molecule has 0 fully saturated rings. The van der Waals surface area contributed by atoms with E-state index in [0.29, 0.717) is 5.15 Å². The van der Waals surface area contributed by atoms with Crippen LogP contribution in [0.5, 0.6) is 5.75 Å². The normalized spacial score (nSPS) is 10.5. The van der Waals surface area contributed by atoms with Crippen molar-refractivity contribution in [1.29, 1.82) is 0 Å². The van der Waals surface area contributed by atoms with Crippen LogP contribution in [0.2, 0.25) is 5.15 Å². The van der Waals surface area contributed by atoms with Gasteiger partial charge in [-0.25, -0.2) is 4.98 Å². The summed E-state index contributed by atoms with van der Waals surface area (Å²) in [6.45, 7) is 0. The monoisotopic (exact) mass is 341 g/mol. The Hall–Kier alpha value is -1.97. The molecule has 0 bridgehead atoms. The fourth-order valence-electron chi connectivity index (χ4n) is 2.28. The van der Waals surface area contributed by atoms with Crippen molar-refractivity contribution in [3.8, 4) is 16.9 Å². The van der Waals surface area contributed by atoms with Gasteiger partial charge < -0.3 is 4.74 Å². The van der Waals surface area contributed by atoms with Crippen molar-refractivity contribution < 1.29 is 4.74 Å². The summed E-state index contributed by atoms with van der Waals surface area (Å²) in [5.41, 5.74) is 3.43. The molecule has 0 N–H and O–H groups in total. The van der Waals surface area contributed by atoms with E-state index in [1.165, 1.54) is 5.56 Å². The molecule has 1 heterocycles. The molecular formula is C19H16ClNOS. The lowest BCUT2D eigenvalue weighted by Gasteiger charge is -2.11. The first-order chi connectivity index (χ1) is 11.3. The van der Waals surface area contributed by atoms with Crippen molar-refractivity contribution in [3.05, 3.63) is 77.6 Å². The van der Waals surface area contributed by atoms with Gasteiger partial charge in [0.1, 0.15) is 10.9 Å². The maximum Gasteiger partial charge on any atom is 0.129 e. The quantitative estimate of drug-likeness (QED) is 0.439. The summed E-state index contributed by atoms with van der Waals surface area (Å²) in [5, 5.41) is 0.492. The van der Waals surface area contributed by atoms with E-state index in [-0.39, 0.29) is 0 Å². The predicted octanol–water partition coefficient (Wildman–Crippen LogP) is 5.70. The molecule has 0 unspecified atom stereocenters. The van der Waals surface area contributed by atoms with Gasteiger partial charge in [0, 0.05) is 16.8 Å². The van der Waals surface area contributed by atoms with Gasteiger partial charge in [0.05, 0.1) is 7.11 Å². The molecular weight excluding hydrogens is 326 g/mol. The second-order valence-corrected chi connectivity index (χ2v) is 6.41. The lowest BCUT2D eigenvalue weighted by Crippen LogP contribution is -1.89. The predicted molar refractivity (Wildman–Crippen MR) is 97.2 cm³/mol. The van der Waals surface area contributed by atoms with Gasteiger partial charge in [0.25, 0.3) is 0 Å². The Morgan fingerprint density at radius 3 is 2.65 bits per heavy atom. The van der Waals surface area contributed by atoms with Crippen LogP contribution in [0.4, 0.5) is 0 Å². The summed E-state index contributed by atoms with van der Waals surface area (Å²) in [4.78, 5) is 5.34. The van der Waals surface area contributed by atoms with E-state index in [4.69, 9.17) is 16.3 Å². The maximum atomic E-state index is 6.11. The number of thioether (sulfide) groups is 1. The van der Waals surface area contributed by atoms with E-state index in [9.17, 15) is 0 Å². The van der Waals surface area contributed by atoms with Gasteiger partial charge in [-0.1, -0.05) is 54.1 Å². The standard InChI is InChI=1S/C19H16ClNOS/c1-22-16-9-5-8-15(10-16)17-11-19(20)21-12-18(17)23-13-14-6-3-2-4-7-14/h2-12H,13H2,1H3. The third kappa shape index (κ3) is 4.06. The second-order valence-electron chi connectivity index (χ2n) is 5.01. The molecule has 23 heavy (non-hydrogen) atoms. The summed E-state index contributed by atoms with van der Waals surface area (Å²) in [7, 11) is 1.67. The number of hydrogen-bond acceptors (Lipinski definition) is 3. The van der Waals surface area contributed by atoms with E-state index in [1.54, 1.807) is 18.9 Å². The Kier molecular flexibility index (Phi) is 5.21. The highest BCUT2D eigenvalue weighted by Crippen LogP contribution is 2.35. The smallest absolute Gasteiger partial charge is 0.129 e. The Bertz CT molecular complexity index is 792. The molecule has 0 atom stereocenters. The van der Waals surface area contributed by atoms with Crippen molar-refractivity contribution >= 4 is 23.4 Å². The highest BCUT2D eigenvalue weighted by Gasteiger charge is 2.09. The molecule has 3 aromatic rings. The number of rotatable bonds is 5. The van der Waals surface area contributed by atoms with Gasteiger partial charge in [0.2, 0.25) is 0 Å². The largest absolute Gasteiger partial charge is 0.497 e. The first kappa shape index (κ1) is 15.9. The molecule has 1 aromatic heterocycles. The van der Waals surface area contributed by atoms with Gasteiger partial charge in [-0.05, 0) is 34.9 Å². The van der Waals surface area contributed by atoms with Crippen LogP contribution in [0.15, 0.2) is 71.8 Å². The third-order valence-corrected chi connectivity index (χ3v) is 4.77. The molecule has 0 spiro atoms. The lowest BCUT2D eigenvalue weighted by atomic mass is 10.1. The molecule has 0 amide bonds. The van der Waals surface area contributed by atoms with Crippen LogP contribution in [-0.4, -0.2) is 12.1 Å². The molecule has 0 aliphatic heterocycles. The van der Waals surface area contributed by atoms with E-state index in [2.05, 4.69) is 35.3 Å². The Morgan fingerprint density at radius 2 is 1.87 bits per heavy atom. The summed E-state index contributed by atoms with van der Waals surface area (Å²) in [6, 6.07) is 20.3. The summed E-state index contributed by atoms with van der Waals surface area (Å²) >= 11 is 7.86. The van der Waals surface area contributed by atoms with Crippen molar-refractivity contribution in [1.82, 2.24) is 4.98 Å². The molecule has 3 rings (SSSR count). The first-order valence-electron chi connectivity index (χ1n) is 7.23. The van der Waals surface area contributed by atoms with E-state index < -0.39 is 0 Å². The Labute approximate surface area is 145 Å². The molecule has 0 radical (unpaired) electrons. The minimum absolute atomic E-state index is 0.492. The van der Waals surface area contributed by atoms with Gasteiger partial charge in [0.15, 0.2) is 0 Å². The van der Waals surface area contributed by atoms with E-state index in [0.717, 1.165) is 27.5 Å². The topological polar surface area (TPSA) is 22.1 Å². The van der Waals surface area contributed by atoms with Crippen LogP contribution in [0.25, 0.3) is 11.1 Å². The third-order valence-electron chi connectivity index (χ3n) is 3.45. The zero-order chi connectivity index (χ0) is 16.1. The number of methoxy groups -OCH3 is 1. The summed E-state index contributed by atoms with van der Waals surface area (Å²) in [6.07, 6.45) is 1.84. The maximum absolute atomic E-state index is 6.11. The molecule has 2 aromatic carbocycles. The fraction of sp³-hybridized carbons (Fsp3) is 0.105. The van der Waals surface area contributed by atoms with Crippen LogP contribution in [0.1, 0.15) is 5.56 Å². The van der Waals surface area contributed by atoms with E-state index in [1.807, 2.05) is 36.5 Å². The molecule has 0 saturated carbocycles. The molecule has 4 heteroatoms. The fourth-order valence-corrected chi connectivity index (χ4v) is 3.42. The van der Waals surface area contributed by atoms with Gasteiger partial charge in [-0.15, -0.1) is 11.8 Å². The molecule has 2 nitrogen and oxygen atoms in total. The van der Waals surface area contributed by atoms with Crippen LogP contribution in [-0.2, 0) is 5.75 Å². The number of aromatic nitrogens is 1. The SMILES string of the molecule is COc1cccc(-c2cc(Cl)ncc2SCc2ccccc2)c1. The lowest BCUT2D eigenvalue weighted by molar-refractivity contribution is 0.415. The van der Waals surface area contributed by atoms with Crippen LogP contribution in [0, 0.1) is 0 Å². The van der Waals surface area contributed by atoms with Crippen molar-refractivity contribution in [2.45, 2.75) is 10.6 Å². The Balaban J connectivity index is 1.91. The average molecular weight is 342 g/mol. The number of benzene rings is 2. The van der Waals surface area contributed by atoms with E-state index >= 15 is 0 Å². The van der Waals surface area contributed by atoms with Crippen LogP contribution >= 0.6 is 23.4 Å². The average Bonchev–Trinajstić information content (AvgIpc) is 2.61. The van der Waals surface area contributed by atoms with Crippen molar-refractivity contribution in [3.63, 3.8) is 0 Å². The zero-order valence-electron chi connectivity index (χ0n) is 12.7. The molecule has 0 saturated heterocycles. The number of halogens is 1. The molecule has 0 aliphatic carbocycles. The highest BCUT2D eigenvalue weighted by atomic mass is 35.5. The Morgan fingerprint density at radius 1 is 1.04 bits per heavy atom. The second kappa shape index (κ2) is 7.53. The van der Waals surface area contributed by atoms with Gasteiger partial charge >= 0.3 is 0 Å². The van der Waals surface area contributed by atoms with Crippen LogP contribution in [0.3, 0.4) is 0 Å². The van der Waals surface area contributed by atoms with Gasteiger partial charge in [-0.2, -0.15) is 0 Å². The van der Waals surface area contributed by atoms with Crippen LogP contribution < -0.4 is 4.74 Å². The zero-order valence-corrected chi connectivity index (χ0v) is 14.3. The number of pyridine rings is 1. The summed E-state index contributed by atoms with van der Waals surface area (Å²) in [5.74, 6) is 1.72. The van der Waals surface area contributed by atoms with Crippen molar-refractivity contribution in [2.24, 2.45) is 0 Å². The molecule has 0 aliphatic rings. The minimum Gasteiger partial charge on any atom is -0.497 e. The number of hydrogen-bond donors (Lipinski definition) is 0.